The van der Waals surface area contributed by atoms with Crippen molar-refractivity contribution < 1.29 is 0 Å². The van der Waals surface area contributed by atoms with Gasteiger partial charge < -0.3 is 0 Å². The van der Waals surface area contributed by atoms with Gasteiger partial charge in [0.2, 0.25) is 0 Å². The fourth-order valence-corrected chi connectivity index (χ4v) is 5.55. The maximum atomic E-state index is 5.15. The molecule has 0 bridgehead atoms. The van der Waals surface area contributed by atoms with E-state index in [1.165, 1.54) is 0 Å². The third-order valence-corrected chi connectivity index (χ3v) is 7.75. The molecule has 0 fully saturated rings. The molecule has 5 nitrogen and oxygen atoms in total. The first-order chi connectivity index (χ1) is 21.8. The average molecular weight is 564 g/mol. The van der Waals surface area contributed by atoms with E-state index in [9.17, 15) is 0 Å². The molecule has 0 radical (unpaired) electrons. The quantitative estimate of drug-likeness (QED) is 0.195. The summed E-state index contributed by atoms with van der Waals surface area (Å²) in [6.45, 7) is 0. The van der Waals surface area contributed by atoms with Crippen molar-refractivity contribution in [2.24, 2.45) is 0 Å². The Kier molecular flexibility index (Phi) is 6.39. The monoisotopic (exact) mass is 563 g/mol. The number of fused-ring (bicyclic) bond motifs is 3. The summed E-state index contributed by atoms with van der Waals surface area (Å²) in [5.74, 6) is 1.35. The highest BCUT2D eigenvalue weighted by Crippen LogP contribution is 2.35. The molecule has 3 heterocycles. The molecule has 5 heteroatoms. The molecule has 0 aliphatic rings. The summed E-state index contributed by atoms with van der Waals surface area (Å²) < 4.78 is 0. The maximum absolute atomic E-state index is 5.15. The fraction of sp³-hybridized carbons (Fsp3) is 0. The van der Waals surface area contributed by atoms with Crippen LogP contribution in [0.15, 0.2) is 152 Å². The van der Waals surface area contributed by atoms with Gasteiger partial charge in [0.25, 0.3) is 0 Å². The average Bonchev–Trinajstić information content (AvgIpc) is 3.12. The van der Waals surface area contributed by atoms with E-state index in [1.807, 2.05) is 97.1 Å². The first-order valence-corrected chi connectivity index (χ1v) is 14.5. The van der Waals surface area contributed by atoms with E-state index >= 15 is 0 Å². The molecule has 3 aromatic heterocycles. The van der Waals surface area contributed by atoms with Gasteiger partial charge in [-0.15, -0.1) is 0 Å². The Balaban J connectivity index is 1.38. The summed E-state index contributed by atoms with van der Waals surface area (Å²) in [5.41, 5.74) is 8.16. The minimum absolute atomic E-state index is 0.663. The summed E-state index contributed by atoms with van der Waals surface area (Å²) in [7, 11) is 0. The van der Waals surface area contributed by atoms with Crippen molar-refractivity contribution in [3.63, 3.8) is 0 Å². The lowest BCUT2D eigenvalue weighted by Gasteiger charge is -2.13. The lowest BCUT2D eigenvalue weighted by molar-refractivity contribution is 1.18. The fourth-order valence-electron chi connectivity index (χ4n) is 5.55. The van der Waals surface area contributed by atoms with Crippen molar-refractivity contribution in [1.29, 1.82) is 0 Å². The van der Waals surface area contributed by atoms with E-state index in [0.29, 0.717) is 11.6 Å². The van der Waals surface area contributed by atoms with Gasteiger partial charge in [-0.25, -0.2) is 19.9 Å². The Bertz CT molecular complexity index is 2200. The standard InChI is InChI=1S/C39H25N5/c1-4-12-27(13-5-1)34-25-35(42-38(41-34)28-14-6-2-7-15-28)30-20-19-26-21-22-31-36(32(26)24-30)43-39(29-16-8-3-9-17-29)44-37(31)33-18-10-11-23-40-33/h1-25H. The molecule has 206 valence electrons. The minimum atomic E-state index is 0.663. The summed E-state index contributed by atoms with van der Waals surface area (Å²) in [5, 5.41) is 3.06. The molecule has 0 saturated carbocycles. The Labute approximate surface area is 254 Å². The van der Waals surface area contributed by atoms with Crippen LogP contribution in [0.5, 0.6) is 0 Å². The Morgan fingerprint density at radius 2 is 0.955 bits per heavy atom. The summed E-state index contributed by atoms with van der Waals surface area (Å²) >= 11 is 0. The second-order valence-electron chi connectivity index (χ2n) is 10.6. The van der Waals surface area contributed by atoms with Crippen LogP contribution < -0.4 is 0 Å². The molecule has 0 unspecified atom stereocenters. The normalized spacial score (nSPS) is 11.2. The van der Waals surface area contributed by atoms with Gasteiger partial charge in [0.15, 0.2) is 11.6 Å². The molecule has 0 aliphatic heterocycles. The van der Waals surface area contributed by atoms with Gasteiger partial charge in [-0.1, -0.05) is 115 Å². The highest BCUT2D eigenvalue weighted by atomic mass is 14.9. The molecule has 0 atom stereocenters. The molecule has 0 aliphatic carbocycles. The van der Waals surface area contributed by atoms with Crippen LogP contribution in [0.25, 0.3) is 78.4 Å². The van der Waals surface area contributed by atoms with E-state index in [0.717, 1.165) is 66.7 Å². The van der Waals surface area contributed by atoms with Gasteiger partial charge in [0, 0.05) is 39.2 Å². The van der Waals surface area contributed by atoms with Gasteiger partial charge in [0.05, 0.1) is 22.6 Å². The van der Waals surface area contributed by atoms with Crippen LogP contribution in [0.4, 0.5) is 0 Å². The van der Waals surface area contributed by atoms with Crippen LogP contribution >= 0.6 is 0 Å². The second kappa shape index (κ2) is 11.0. The second-order valence-corrected chi connectivity index (χ2v) is 10.6. The highest BCUT2D eigenvalue weighted by molar-refractivity contribution is 6.10. The molecule has 0 N–H and O–H groups in total. The molecule has 8 aromatic rings. The smallest absolute Gasteiger partial charge is 0.160 e. The first-order valence-electron chi connectivity index (χ1n) is 14.5. The Morgan fingerprint density at radius 3 is 1.61 bits per heavy atom. The lowest BCUT2D eigenvalue weighted by atomic mass is 9.99. The van der Waals surface area contributed by atoms with Crippen molar-refractivity contribution in [3.8, 4) is 56.7 Å². The number of aromatic nitrogens is 5. The number of pyridine rings is 1. The predicted octanol–water partition coefficient (Wildman–Crippen LogP) is 9.30. The van der Waals surface area contributed by atoms with Crippen molar-refractivity contribution in [2.45, 2.75) is 0 Å². The van der Waals surface area contributed by atoms with Crippen molar-refractivity contribution in [1.82, 2.24) is 24.9 Å². The summed E-state index contributed by atoms with van der Waals surface area (Å²) in [6.07, 6.45) is 1.80. The maximum Gasteiger partial charge on any atom is 0.160 e. The van der Waals surface area contributed by atoms with E-state index in [1.54, 1.807) is 6.20 Å². The van der Waals surface area contributed by atoms with Gasteiger partial charge in [-0.2, -0.15) is 0 Å². The Hall–Kier alpha value is -6.07. The molecule has 0 saturated heterocycles. The molecule has 8 rings (SSSR count). The number of nitrogens with zero attached hydrogens (tertiary/aromatic N) is 5. The third-order valence-electron chi connectivity index (χ3n) is 7.75. The number of benzene rings is 5. The Morgan fingerprint density at radius 1 is 0.364 bits per heavy atom. The zero-order valence-electron chi connectivity index (χ0n) is 23.7. The van der Waals surface area contributed by atoms with Crippen LogP contribution in [0.2, 0.25) is 0 Å². The minimum Gasteiger partial charge on any atom is -0.255 e. The van der Waals surface area contributed by atoms with Crippen LogP contribution in [0, 0.1) is 0 Å². The van der Waals surface area contributed by atoms with Crippen molar-refractivity contribution in [2.75, 3.05) is 0 Å². The first kappa shape index (κ1) is 25.6. The van der Waals surface area contributed by atoms with E-state index in [4.69, 9.17) is 19.9 Å². The van der Waals surface area contributed by atoms with Crippen LogP contribution in [-0.2, 0) is 0 Å². The van der Waals surface area contributed by atoms with Crippen molar-refractivity contribution >= 4 is 21.7 Å². The molecular weight excluding hydrogens is 538 g/mol. The SMILES string of the molecule is c1ccc(-c2cc(-c3ccc4ccc5c(-c6ccccn6)nc(-c6ccccc6)nc5c4c3)nc(-c3ccccc3)n2)cc1. The molecule has 5 aromatic carbocycles. The number of rotatable bonds is 5. The topological polar surface area (TPSA) is 64.5 Å². The largest absolute Gasteiger partial charge is 0.255 e. The van der Waals surface area contributed by atoms with Crippen LogP contribution in [0.3, 0.4) is 0 Å². The molecular formula is C39H25N5. The van der Waals surface area contributed by atoms with Crippen LogP contribution in [0.1, 0.15) is 0 Å². The molecule has 44 heavy (non-hydrogen) atoms. The van der Waals surface area contributed by atoms with E-state index in [-0.39, 0.29) is 0 Å². The number of hydrogen-bond acceptors (Lipinski definition) is 5. The molecule has 0 amide bonds. The predicted molar refractivity (Wildman–Crippen MR) is 178 cm³/mol. The van der Waals surface area contributed by atoms with Gasteiger partial charge in [-0.3, -0.25) is 4.98 Å². The van der Waals surface area contributed by atoms with Crippen molar-refractivity contribution in [3.05, 3.63) is 152 Å². The van der Waals surface area contributed by atoms with Gasteiger partial charge >= 0.3 is 0 Å². The van der Waals surface area contributed by atoms with Gasteiger partial charge in [0.1, 0.15) is 5.69 Å². The summed E-state index contributed by atoms with van der Waals surface area (Å²) in [6, 6.07) is 49.1. The van der Waals surface area contributed by atoms with Gasteiger partial charge in [-0.05, 0) is 35.7 Å². The highest BCUT2D eigenvalue weighted by Gasteiger charge is 2.16. The zero-order chi connectivity index (χ0) is 29.3. The third kappa shape index (κ3) is 4.76. The van der Waals surface area contributed by atoms with E-state index in [2.05, 4.69) is 53.5 Å². The number of hydrogen-bond donors (Lipinski definition) is 0. The summed E-state index contributed by atoms with van der Waals surface area (Å²) in [4.78, 5) is 24.9. The molecule has 0 spiro atoms. The lowest BCUT2D eigenvalue weighted by Crippen LogP contribution is -1.98. The van der Waals surface area contributed by atoms with Crippen LogP contribution in [-0.4, -0.2) is 24.9 Å². The van der Waals surface area contributed by atoms with E-state index < -0.39 is 0 Å². The zero-order valence-corrected chi connectivity index (χ0v) is 23.7.